The standard InChI is InChI=1S/C10H9N.C7H7NO.Y/c1-8-6-7-9-4-2-3-5-10(9)11-8;8-7(9)6-4-2-1-3-5-6;/h2-7H,1H3;1-5H,(H2,8,9);. The van der Waals surface area contributed by atoms with Crippen LogP contribution in [0.25, 0.3) is 10.9 Å². The zero-order valence-corrected chi connectivity index (χ0v) is 14.7. The fraction of sp³-hybridized carbons (Fsp3) is 0.0588. The summed E-state index contributed by atoms with van der Waals surface area (Å²) >= 11 is 0. The quantitative estimate of drug-likeness (QED) is 0.730. The Morgan fingerprint density at radius 1 is 0.905 bits per heavy atom. The predicted octanol–water partition coefficient (Wildman–Crippen LogP) is 3.33. The molecule has 0 fully saturated rings. The zero-order chi connectivity index (χ0) is 14.4. The van der Waals surface area contributed by atoms with Gasteiger partial charge in [0.15, 0.2) is 0 Å². The molecule has 0 atom stereocenters. The first-order valence-electron chi connectivity index (χ1n) is 6.34. The van der Waals surface area contributed by atoms with Crippen LogP contribution < -0.4 is 5.73 Å². The first kappa shape index (κ1) is 17.5. The number of rotatable bonds is 1. The van der Waals surface area contributed by atoms with Crippen molar-refractivity contribution < 1.29 is 37.5 Å². The molecule has 4 heteroatoms. The SMILES string of the molecule is Cc1ccc2ccccc2n1.NC(=O)c1ccccc1.[Y]. The van der Waals surface area contributed by atoms with Crippen molar-refractivity contribution in [2.45, 2.75) is 6.92 Å². The third-order valence-electron chi connectivity index (χ3n) is 2.80. The van der Waals surface area contributed by atoms with E-state index in [9.17, 15) is 4.79 Å². The molecule has 3 aromatic rings. The van der Waals surface area contributed by atoms with Gasteiger partial charge in [0.05, 0.1) is 5.52 Å². The number of benzene rings is 2. The van der Waals surface area contributed by atoms with Crippen molar-refractivity contribution in [2.24, 2.45) is 5.73 Å². The maximum absolute atomic E-state index is 10.4. The van der Waals surface area contributed by atoms with Crippen LogP contribution in [0.1, 0.15) is 16.1 Å². The van der Waals surface area contributed by atoms with E-state index in [4.69, 9.17) is 5.73 Å². The summed E-state index contributed by atoms with van der Waals surface area (Å²) in [5.41, 5.74) is 7.68. The summed E-state index contributed by atoms with van der Waals surface area (Å²) in [6, 6.07) is 21.0. The van der Waals surface area contributed by atoms with Gasteiger partial charge < -0.3 is 5.73 Å². The van der Waals surface area contributed by atoms with Gasteiger partial charge in [-0.1, -0.05) is 42.5 Å². The molecule has 1 amide bonds. The fourth-order valence-corrected chi connectivity index (χ4v) is 1.77. The number of nitrogens with zero attached hydrogens (tertiary/aromatic N) is 1. The Kier molecular flexibility index (Phi) is 7.20. The Morgan fingerprint density at radius 3 is 2.14 bits per heavy atom. The molecule has 0 unspecified atom stereocenters. The summed E-state index contributed by atoms with van der Waals surface area (Å²) < 4.78 is 0. The smallest absolute Gasteiger partial charge is 0.248 e. The van der Waals surface area contributed by atoms with Crippen molar-refractivity contribution in [1.82, 2.24) is 4.98 Å². The Bertz CT molecular complexity index is 714. The van der Waals surface area contributed by atoms with Crippen LogP contribution in [0, 0.1) is 6.92 Å². The number of fused-ring (bicyclic) bond motifs is 1. The van der Waals surface area contributed by atoms with Gasteiger partial charge in [0.2, 0.25) is 5.91 Å². The molecule has 21 heavy (non-hydrogen) atoms. The molecule has 1 heterocycles. The average Bonchev–Trinajstić information content (AvgIpc) is 2.48. The van der Waals surface area contributed by atoms with Crippen LogP contribution in [0.15, 0.2) is 66.7 Å². The molecule has 0 aliphatic rings. The monoisotopic (exact) mass is 353 g/mol. The number of aromatic nitrogens is 1. The first-order valence-corrected chi connectivity index (χ1v) is 6.34. The number of para-hydroxylation sites is 1. The van der Waals surface area contributed by atoms with Crippen molar-refractivity contribution in [1.29, 1.82) is 0 Å². The van der Waals surface area contributed by atoms with Crippen LogP contribution >= 0.6 is 0 Å². The summed E-state index contributed by atoms with van der Waals surface area (Å²) in [6.45, 7) is 2.01. The Hall–Kier alpha value is -1.58. The maximum atomic E-state index is 10.4. The number of hydrogen-bond donors (Lipinski definition) is 1. The molecular formula is C17H16N2OY. The molecular weight excluding hydrogens is 337 g/mol. The summed E-state index contributed by atoms with van der Waals surface area (Å²) in [7, 11) is 0. The van der Waals surface area contributed by atoms with Crippen molar-refractivity contribution >= 4 is 16.8 Å². The van der Waals surface area contributed by atoms with Crippen LogP contribution in [0.2, 0.25) is 0 Å². The first-order chi connectivity index (χ1) is 9.66. The number of amides is 1. The minimum absolute atomic E-state index is 0. The zero-order valence-electron chi connectivity index (χ0n) is 11.9. The molecule has 1 radical (unpaired) electrons. The van der Waals surface area contributed by atoms with Crippen LogP contribution in [0.5, 0.6) is 0 Å². The maximum Gasteiger partial charge on any atom is 0.248 e. The molecule has 3 rings (SSSR count). The largest absolute Gasteiger partial charge is 0.366 e. The van der Waals surface area contributed by atoms with Gasteiger partial charge in [-0.05, 0) is 31.2 Å². The minimum atomic E-state index is -0.379. The van der Waals surface area contributed by atoms with E-state index in [0.29, 0.717) is 5.56 Å². The second-order valence-corrected chi connectivity index (χ2v) is 4.38. The van der Waals surface area contributed by atoms with E-state index >= 15 is 0 Å². The molecule has 0 aliphatic carbocycles. The molecule has 103 valence electrons. The summed E-state index contributed by atoms with van der Waals surface area (Å²) in [5.74, 6) is -0.379. The van der Waals surface area contributed by atoms with Gasteiger partial charge in [-0.3, -0.25) is 9.78 Å². The van der Waals surface area contributed by atoms with Crippen molar-refractivity contribution in [2.75, 3.05) is 0 Å². The minimum Gasteiger partial charge on any atom is -0.366 e. The van der Waals surface area contributed by atoms with Crippen molar-refractivity contribution in [3.8, 4) is 0 Å². The van der Waals surface area contributed by atoms with E-state index in [0.717, 1.165) is 11.2 Å². The van der Waals surface area contributed by atoms with E-state index in [2.05, 4.69) is 17.1 Å². The Balaban J connectivity index is 0.000000205. The number of nitrogens with two attached hydrogens (primary N) is 1. The van der Waals surface area contributed by atoms with Crippen LogP contribution in [-0.2, 0) is 32.7 Å². The molecule has 3 nitrogen and oxygen atoms in total. The third-order valence-corrected chi connectivity index (χ3v) is 2.80. The normalized spacial score (nSPS) is 9.19. The Morgan fingerprint density at radius 2 is 1.52 bits per heavy atom. The second kappa shape index (κ2) is 8.65. The number of pyridine rings is 1. The third kappa shape index (κ3) is 5.37. The van der Waals surface area contributed by atoms with Gasteiger partial charge >= 0.3 is 0 Å². The molecule has 2 N–H and O–H groups in total. The molecule has 0 bridgehead atoms. The van der Waals surface area contributed by atoms with Gasteiger partial charge in [-0.15, -0.1) is 0 Å². The fourth-order valence-electron chi connectivity index (χ4n) is 1.77. The van der Waals surface area contributed by atoms with E-state index in [1.54, 1.807) is 24.3 Å². The van der Waals surface area contributed by atoms with E-state index in [-0.39, 0.29) is 38.6 Å². The number of aryl methyl sites for hydroxylation is 1. The van der Waals surface area contributed by atoms with E-state index in [1.807, 2.05) is 37.3 Å². The molecule has 1 aromatic heterocycles. The van der Waals surface area contributed by atoms with Crippen LogP contribution in [0.3, 0.4) is 0 Å². The van der Waals surface area contributed by atoms with Gasteiger partial charge in [0.1, 0.15) is 0 Å². The molecule has 0 saturated heterocycles. The number of hydrogen-bond acceptors (Lipinski definition) is 2. The van der Waals surface area contributed by atoms with Gasteiger partial charge in [0.25, 0.3) is 0 Å². The van der Waals surface area contributed by atoms with Crippen LogP contribution in [-0.4, -0.2) is 10.9 Å². The Labute approximate surface area is 149 Å². The number of carbonyl (C=O) groups excluding carboxylic acids is 1. The molecule has 0 saturated carbocycles. The van der Waals surface area contributed by atoms with Gasteiger partial charge in [0, 0.05) is 49.4 Å². The predicted molar refractivity (Wildman–Crippen MR) is 81.4 cm³/mol. The summed E-state index contributed by atoms with van der Waals surface area (Å²) in [4.78, 5) is 14.8. The number of primary amides is 1. The second-order valence-electron chi connectivity index (χ2n) is 4.38. The summed E-state index contributed by atoms with van der Waals surface area (Å²) in [5, 5.41) is 1.21. The molecule has 2 aromatic carbocycles. The van der Waals surface area contributed by atoms with E-state index in [1.165, 1.54) is 5.39 Å². The van der Waals surface area contributed by atoms with Crippen LogP contribution in [0.4, 0.5) is 0 Å². The van der Waals surface area contributed by atoms with Gasteiger partial charge in [-0.25, -0.2) is 0 Å². The van der Waals surface area contributed by atoms with Crippen molar-refractivity contribution in [3.05, 3.63) is 78.0 Å². The topological polar surface area (TPSA) is 56.0 Å². The van der Waals surface area contributed by atoms with E-state index < -0.39 is 0 Å². The van der Waals surface area contributed by atoms with Crippen molar-refractivity contribution in [3.63, 3.8) is 0 Å². The molecule has 0 spiro atoms. The molecule has 0 aliphatic heterocycles. The average molecular weight is 353 g/mol. The number of carbonyl (C=O) groups is 1. The summed E-state index contributed by atoms with van der Waals surface area (Å²) in [6.07, 6.45) is 0. The van der Waals surface area contributed by atoms with Gasteiger partial charge in [-0.2, -0.15) is 0 Å².